The van der Waals surface area contributed by atoms with E-state index in [9.17, 15) is 9.36 Å². The molecule has 0 aliphatic carbocycles. The van der Waals surface area contributed by atoms with E-state index in [0.29, 0.717) is 18.7 Å². The highest BCUT2D eigenvalue weighted by molar-refractivity contribution is 7.60. The van der Waals surface area contributed by atoms with Crippen molar-refractivity contribution in [3.8, 4) is 11.8 Å². The Labute approximate surface area is 168 Å². The minimum Gasteiger partial charge on any atom is -0.459 e. The number of rotatable bonds is 10. The van der Waals surface area contributed by atoms with Crippen LogP contribution in [0.15, 0.2) is 4.52 Å². The van der Waals surface area contributed by atoms with Crippen LogP contribution in [0, 0.1) is 11.8 Å². The molecule has 1 heterocycles. The number of ether oxygens (including phenoxy) is 1. The van der Waals surface area contributed by atoms with Gasteiger partial charge in [0.1, 0.15) is 11.3 Å². The quantitative estimate of drug-likeness (QED) is 0.243. The third kappa shape index (κ3) is 9.03. The summed E-state index contributed by atoms with van der Waals surface area (Å²) in [5, 5.41) is 3.93. The van der Waals surface area contributed by atoms with Gasteiger partial charge in [-0.2, -0.15) is 4.98 Å². The second-order valence-corrected chi connectivity index (χ2v) is 10.3. The number of carbonyl (C=O) groups excluding carboxylic acids is 1. The van der Waals surface area contributed by atoms with Crippen LogP contribution >= 0.6 is 7.37 Å². The number of aromatic nitrogens is 2. The third-order valence-corrected chi connectivity index (χ3v) is 6.06. The first-order valence-corrected chi connectivity index (χ1v) is 11.9. The SMILES string of the molecule is CCCCC#CCCc1noc(CC(C(=O)OC(C)(C)C)P(C)(=O)OCC)n1. The molecule has 0 saturated carbocycles. The molecule has 1 aromatic heterocycles. The summed E-state index contributed by atoms with van der Waals surface area (Å²) in [6, 6.07) is 0. The first-order chi connectivity index (χ1) is 13.1. The summed E-state index contributed by atoms with van der Waals surface area (Å²) in [6.07, 6.45) is 4.35. The molecule has 0 aromatic carbocycles. The molecule has 1 aromatic rings. The molecule has 8 heteroatoms. The van der Waals surface area contributed by atoms with Gasteiger partial charge in [0.05, 0.1) is 6.61 Å². The highest BCUT2D eigenvalue weighted by Crippen LogP contribution is 2.50. The third-order valence-electron chi connectivity index (χ3n) is 3.76. The topological polar surface area (TPSA) is 91.5 Å². The lowest BCUT2D eigenvalue weighted by Gasteiger charge is -2.26. The summed E-state index contributed by atoms with van der Waals surface area (Å²) in [7, 11) is -3.26. The lowest BCUT2D eigenvalue weighted by molar-refractivity contribution is -0.154. The van der Waals surface area contributed by atoms with Gasteiger partial charge in [0, 0.05) is 32.3 Å². The lowest BCUT2D eigenvalue weighted by atomic mass is 10.2. The van der Waals surface area contributed by atoms with Crippen molar-refractivity contribution in [1.82, 2.24) is 10.1 Å². The van der Waals surface area contributed by atoms with Gasteiger partial charge in [0.2, 0.25) is 13.3 Å². The first-order valence-electron chi connectivity index (χ1n) is 9.80. The van der Waals surface area contributed by atoms with Crippen molar-refractivity contribution in [2.45, 2.75) is 84.4 Å². The summed E-state index contributed by atoms with van der Waals surface area (Å²) in [4.78, 5) is 16.9. The Morgan fingerprint density at radius 2 is 1.93 bits per heavy atom. The molecule has 0 amide bonds. The Balaban J connectivity index is 2.80. The smallest absolute Gasteiger partial charge is 0.319 e. The average Bonchev–Trinajstić information content (AvgIpc) is 3.01. The van der Waals surface area contributed by atoms with Gasteiger partial charge in [-0.25, -0.2) is 0 Å². The van der Waals surface area contributed by atoms with Crippen LogP contribution in [-0.2, 0) is 31.5 Å². The van der Waals surface area contributed by atoms with Crippen LogP contribution in [0.4, 0.5) is 0 Å². The van der Waals surface area contributed by atoms with E-state index >= 15 is 0 Å². The largest absolute Gasteiger partial charge is 0.459 e. The molecule has 0 N–H and O–H groups in total. The Bertz CT molecular complexity index is 727. The maximum atomic E-state index is 12.9. The van der Waals surface area contributed by atoms with Gasteiger partial charge in [-0.3, -0.25) is 9.36 Å². The molecule has 0 aliphatic rings. The second-order valence-electron chi connectivity index (χ2n) is 7.64. The van der Waals surface area contributed by atoms with E-state index in [1.807, 2.05) is 0 Å². The fourth-order valence-corrected chi connectivity index (χ4v) is 4.03. The number of nitrogens with zero attached hydrogens (tertiary/aromatic N) is 2. The fraction of sp³-hybridized carbons (Fsp3) is 0.750. The van der Waals surface area contributed by atoms with E-state index < -0.39 is 24.6 Å². The van der Waals surface area contributed by atoms with Gasteiger partial charge < -0.3 is 13.8 Å². The molecule has 0 saturated heterocycles. The minimum atomic E-state index is -3.26. The van der Waals surface area contributed by atoms with Crippen LogP contribution in [0.5, 0.6) is 0 Å². The van der Waals surface area contributed by atoms with E-state index in [0.717, 1.165) is 19.3 Å². The fourth-order valence-electron chi connectivity index (χ4n) is 2.41. The van der Waals surface area contributed by atoms with Gasteiger partial charge in [0.15, 0.2) is 5.82 Å². The molecule has 0 bridgehead atoms. The van der Waals surface area contributed by atoms with E-state index in [2.05, 4.69) is 28.9 Å². The van der Waals surface area contributed by atoms with Gasteiger partial charge in [-0.15, -0.1) is 11.8 Å². The summed E-state index contributed by atoms with van der Waals surface area (Å²) < 4.78 is 29.0. The molecule has 0 radical (unpaired) electrons. The van der Waals surface area contributed by atoms with Crippen LogP contribution in [-0.4, -0.2) is 40.6 Å². The molecule has 0 aliphatic heterocycles. The summed E-state index contributed by atoms with van der Waals surface area (Å²) in [5.41, 5.74) is -1.69. The standard InChI is InChI=1S/C20H33N2O5P/c1-7-9-10-11-12-13-14-17-21-18(27-22-17)15-16(28(6,24)25-8-2)19(23)26-20(3,4)5/h16H,7-10,13-15H2,1-6H3. The van der Waals surface area contributed by atoms with Crippen LogP contribution in [0.2, 0.25) is 0 Å². The highest BCUT2D eigenvalue weighted by Gasteiger charge is 2.40. The molecule has 0 spiro atoms. The molecule has 7 nitrogen and oxygen atoms in total. The summed E-state index contributed by atoms with van der Waals surface area (Å²) >= 11 is 0. The summed E-state index contributed by atoms with van der Waals surface area (Å²) in [6.45, 7) is 10.8. The zero-order chi connectivity index (χ0) is 21.2. The van der Waals surface area contributed by atoms with Gasteiger partial charge in [0.25, 0.3) is 0 Å². The van der Waals surface area contributed by atoms with E-state index in [1.165, 1.54) is 6.66 Å². The zero-order valence-corrected chi connectivity index (χ0v) is 18.8. The van der Waals surface area contributed by atoms with Crippen LogP contribution in [0.3, 0.4) is 0 Å². The monoisotopic (exact) mass is 412 g/mol. The van der Waals surface area contributed by atoms with Crippen LogP contribution < -0.4 is 0 Å². The lowest BCUT2D eigenvalue weighted by Crippen LogP contribution is -2.33. The molecule has 28 heavy (non-hydrogen) atoms. The Morgan fingerprint density at radius 1 is 1.25 bits per heavy atom. The minimum absolute atomic E-state index is 0.0118. The second kappa shape index (κ2) is 11.4. The van der Waals surface area contributed by atoms with Crippen molar-refractivity contribution < 1.29 is 23.1 Å². The maximum Gasteiger partial charge on any atom is 0.319 e. The van der Waals surface area contributed by atoms with E-state index in [-0.39, 0.29) is 18.9 Å². The van der Waals surface area contributed by atoms with Crippen LogP contribution in [0.1, 0.15) is 72.0 Å². The predicted molar refractivity (Wildman–Crippen MR) is 108 cm³/mol. The normalized spacial score (nSPS) is 14.6. The molecule has 2 atom stereocenters. The Hall–Kier alpha value is -1.64. The van der Waals surface area contributed by atoms with Crippen LogP contribution in [0.25, 0.3) is 0 Å². The van der Waals surface area contributed by atoms with Crippen molar-refractivity contribution in [3.05, 3.63) is 11.7 Å². The first kappa shape index (κ1) is 24.4. The number of unbranched alkanes of at least 4 members (excludes halogenated alkanes) is 2. The molecule has 0 fully saturated rings. The predicted octanol–water partition coefficient (Wildman–Crippen LogP) is 4.39. The van der Waals surface area contributed by atoms with E-state index in [1.54, 1.807) is 27.7 Å². The maximum absolute atomic E-state index is 12.9. The van der Waals surface area contributed by atoms with E-state index in [4.69, 9.17) is 13.8 Å². The van der Waals surface area contributed by atoms with Crippen molar-refractivity contribution in [1.29, 1.82) is 0 Å². The van der Waals surface area contributed by atoms with Crippen molar-refractivity contribution >= 4 is 13.3 Å². The number of hydrogen-bond acceptors (Lipinski definition) is 7. The number of hydrogen-bond donors (Lipinski definition) is 0. The van der Waals surface area contributed by atoms with Gasteiger partial charge >= 0.3 is 5.97 Å². The van der Waals surface area contributed by atoms with Gasteiger partial charge in [-0.05, 0) is 34.1 Å². The van der Waals surface area contributed by atoms with Gasteiger partial charge in [-0.1, -0.05) is 18.5 Å². The molecule has 2 unspecified atom stereocenters. The Kier molecular flexibility index (Phi) is 9.92. The molecular formula is C20H33N2O5P. The average molecular weight is 412 g/mol. The number of aryl methyl sites for hydroxylation is 1. The molecule has 1 rings (SSSR count). The number of carbonyl (C=O) groups is 1. The zero-order valence-electron chi connectivity index (χ0n) is 17.9. The Morgan fingerprint density at radius 3 is 2.54 bits per heavy atom. The molecular weight excluding hydrogens is 379 g/mol. The number of esters is 1. The van der Waals surface area contributed by atoms with Crippen molar-refractivity contribution in [2.24, 2.45) is 0 Å². The molecule has 158 valence electrons. The van der Waals surface area contributed by atoms with Crippen molar-refractivity contribution in [2.75, 3.05) is 13.3 Å². The summed E-state index contributed by atoms with van der Waals surface area (Å²) in [5.74, 6) is 6.38. The highest BCUT2D eigenvalue weighted by atomic mass is 31.2. The van der Waals surface area contributed by atoms with Crippen molar-refractivity contribution in [3.63, 3.8) is 0 Å².